The molecule has 0 spiro atoms. The second-order valence-corrected chi connectivity index (χ2v) is 4.19. The van der Waals surface area contributed by atoms with Gasteiger partial charge in [-0.15, -0.1) is 0 Å². The van der Waals surface area contributed by atoms with Gasteiger partial charge in [0.25, 0.3) is 0 Å². The summed E-state index contributed by atoms with van der Waals surface area (Å²) < 4.78 is 5.76. The average Bonchev–Trinajstić information content (AvgIpc) is 2.23. The minimum absolute atomic E-state index is 0.0678. The molecule has 2 rings (SSSR count). The zero-order valence-corrected chi connectivity index (χ0v) is 9.12. The first-order chi connectivity index (χ1) is 7.29. The van der Waals surface area contributed by atoms with Crippen molar-refractivity contribution in [2.24, 2.45) is 0 Å². The Hall–Kier alpha value is -1.06. The molecule has 0 atom stereocenters. The molecule has 0 aliphatic carbocycles. The topological polar surface area (TPSA) is 33.3 Å². The zero-order valence-electron chi connectivity index (χ0n) is 9.12. The standard InChI is InChI=1S/C12H18N2O/c1-12(9-13-10-12)15-8-7-14-11-5-3-2-4-6-11/h2-6,13-14H,7-10H2,1H3. The van der Waals surface area contributed by atoms with Crippen LogP contribution in [0.2, 0.25) is 0 Å². The van der Waals surface area contributed by atoms with Gasteiger partial charge in [-0.2, -0.15) is 0 Å². The Kier molecular flexibility index (Phi) is 3.23. The lowest BCUT2D eigenvalue weighted by atomic mass is 10.0. The molecule has 1 aliphatic heterocycles. The van der Waals surface area contributed by atoms with Gasteiger partial charge in [0.05, 0.1) is 12.2 Å². The minimum Gasteiger partial charge on any atom is -0.383 e. The molecule has 0 unspecified atom stereocenters. The molecule has 1 saturated heterocycles. The van der Waals surface area contributed by atoms with Crippen LogP contribution in [0.3, 0.4) is 0 Å². The van der Waals surface area contributed by atoms with Crippen LogP contribution >= 0.6 is 0 Å². The molecule has 0 bridgehead atoms. The highest BCUT2D eigenvalue weighted by Crippen LogP contribution is 2.14. The Morgan fingerprint density at radius 3 is 2.67 bits per heavy atom. The van der Waals surface area contributed by atoms with Gasteiger partial charge in [0.15, 0.2) is 0 Å². The van der Waals surface area contributed by atoms with Crippen LogP contribution < -0.4 is 10.6 Å². The van der Waals surface area contributed by atoms with Crippen LogP contribution in [-0.4, -0.2) is 31.8 Å². The van der Waals surface area contributed by atoms with Crippen LogP contribution in [0.1, 0.15) is 6.92 Å². The molecule has 2 N–H and O–H groups in total. The fourth-order valence-corrected chi connectivity index (χ4v) is 1.63. The number of hydrogen-bond acceptors (Lipinski definition) is 3. The molecule has 1 aliphatic rings. The number of rotatable bonds is 5. The molecule has 82 valence electrons. The molecule has 1 fully saturated rings. The van der Waals surface area contributed by atoms with E-state index in [4.69, 9.17) is 4.74 Å². The Labute approximate surface area is 90.8 Å². The van der Waals surface area contributed by atoms with Gasteiger partial charge in [0, 0.05) is 25.3 Å². The predicted octanol–water partition coefficient (Wildman–Crippen LogP) is 1.48. The normalized spacial score (nSPS) is 18.2. The molecule has 3 nitrogen and oxygen atoms in total. The molecule has 0 saturated carbocycles. The highest BCUT2D eigenvalue weighted by Gasteiger charge is 2.31. The molecule has 15 heavy (non-hydrogen) atoms. The van der Waals surface area contributed by atoms with E-state index >= 15 is 0 Å². The monoisotopic (exact) mass is 206 g/mol. The second-order valence-electron chi connectivity index (χ2n) is 4.19. The number of nitrogens with one attached hydrogen (secondary N) is 2. The Morgan fingerprint density at radius 2 is 2.07 bits per heavy atom. The quantitative estimate of drug-likeness (QED) is 0.716. The first kappa shape index (κ1) is 10.5. The average molecular weight is 206 g/mol. The summed E-state index contributed by atoms with van der Waals surface area (Å²) in [6.45, 7) is 5.70. The highest BCUT2D eigenvalue weighted by atomic mass is 16.5. The van der Waals surface area contributed by atoms with Gasteiger partial charge in [-0.05, 0) is 19.1 Å². The minimum atomic E-state index is 0.0678. The SMILES string of the molecule is CC1(OCCNc2ccccc2)CNC1. The van der Waals surface area contributed by atoms with Crippen LogP contribution in [0.5, 0.6) is 0 Å². The van der Waals surface area contributed by atoms with E-state index in [1.54, 1.807) is 0 Å². The molecule has 0 amide bonds. The molecule has 3 heteroatoms. The van der Waals surface area contributed by atoms with Gasteiger partial charge in [0.1, 0.15) is 0 Å². The summed E-state index contributed by atoms with van der Waals surface area (Å²) in [6.07, 6.45) is 0. The van der Waals surface area contributed by atoms with Crippen molar-refractivity contribution >= 4 is 5.69 Å². The van der Waals surface area contributed by atoms with Gasteiger partial charge in [0.2, 0.25) is 0 Å². The van der Waals surface area contributed by atoms with Crippen molar-refractivity contribution in [1.29, 1.82) is 0 Å². The Bertz CT molecular complexity index is 296. The maximum atomic E-state index is 5.76. The van der Waals surface area contributed by atoms with E-state index < -0.39 is 0 Å². The molecule has 1 aromatic carbocycles. The predicted molar refractivity (Wildman–Crippen MR) is 62.2 cm³/mol. The van der Waals surface area contributed by atoms with Crippen molar-refractivity contribution in [3.8, 4) is 0 Å². The fourth-order valence-electron chi connectivity index (χ4n) is 1.63. The van der Waals surface area contributed by atoms with Gasteiger partial charge < -0.3 is 15.4 Å². The molecule has 0 radical (unpaired) electrons. The third-order valence-corrected chi connectivity index (χ3v) is 2.65. The van der Waals surface area contributed by atoms with Gasteiger partial charge >= 0.3 is 0 Å². The molecule has 1 heterocycles. The molecule has 1 aromatic rings. The number of para-hydroxylation sites is 1. The lowest BCUT2D eigenvalue weighted by Crippen LogP contribution is -2.59. The first-order valence-corrected chi connectivity index (χ1v) is 5.42. The number of ether oxygens (including phenoxy) is 1. The highest BCUT2D eigenvalue weighted by molar-refractivity contribution is 5.42. The van der Waals surface area contributed by atoms with Gasteiger partial charge in [-0.25, -0.2) is 0 Å². The molecular formula is C12H18N2O. The summed E-state index contributed by atoms with van der Waals surface area (Å²) in [4.78, 5) is 0. The maximum Gasteiger partial charge on any atom is 0.0902 e. The fraction of sp³-hybridized carbons (Fsp3) is 0.500. The van der Waals surface area contributed by atoms with E-state index in [1.165, 1.54) is 0 Å². The lowest BCUT2D eigenvalue weighted by molar-refractivity contribution is -0.0620. The van der Waals surface area contributed by atoms with Crippen LogP contribution in [0.15, 0.2) is 30.3 Å². The van der Waals surface area contributed by atoms with E-state index in [0.717, 1.165) is 31.9 Å². The summed E-state index contributed by atoms with van der Waals surface area (Å²) in [7, 11) is 0. The Balaban J connectivity index is 1.63. The molecular weight excluding hydrogens is 188 g/mol. The van der Waals surface area contributed by atoms with E-state index in [2.05, 4.69) is 29.7 Å². The summed E-state index contributed by atoms with van der Waals surface area (Å²) in [5.41, 5.74) is 1.22. The van der Waals surface area contributed by atoms with Crippen molar-refractivity contribution < 1.29 is 4.74 Å². The van der Waals surface area contributed by atoms with Crippen molar-refractivity contribution in [1.82, 2.24) is 5.32 Å². The third kappa shape index (κ3) is 2.94. The largest absolute Gasteiger partial charge is 0.383 e. The van der Waals surface area contributed by atoms with Crippen molar-refractivity contribution in [3.63, 3.8) is 0 Å². The summed E-state index contributed by atoms with van der Waals surface area (Å²) >= 11 is 0. The van der Waals surface area contributed by atoms with Crippen LogP contribution in [0.25, 0.3) is 0 Å². The van der Waals surface area contributed by atoms with Crippen LogP contribution in [0.4, 0.5) is 5.69 Å². The van der Waals surface area contributed by atoms with E-state index in [0.29, 0.717) is 0 Å². The maximum absolute atomic E-state index is 5.76. The number of anilines is 1. The van der Waals surface area contributed by atoms with Crippen molar-refractivity contribution in [2.75, 3.05) is 31.6 Å². The zero-order chi connectivity index (χ0) is 10.6. The number of benzene rings is 1. The van der Waals surface area contributed by atoms with Crippen molar-refractivity contribution in [2.45, 2.75) is 12.5 Å². The molecule has 0 aromatic heterocycles. The van der Waals surface area contributed by atoms with Gasteiger partial charge in [-0.1, -0.05) is 18.2 Å². The van der Waals surface area contributed by atoms with E-state index in [-0.39, 0.29) is 5.60 Å². The third-order valence-electron chi connectivity index (χ3n) is 2.65. The summed E-state index contributed by atoms with van der Waals surface area (Å²) in [6, 6.07) is 10.2. The van der Waals surface area contributed by atoms with E-state index in [9.17, 15) is 0 Å². The summed E-state index contributed by atoms with van der Waals surface area (Å²) in [5.74, 6) is 0. The second kappa shape index (κ2) is 4.64. The smallest absolute Gasteiger partial charge is 0.0902 e. The Morgan fingerprint density at radius 1 is 1.33 bits per heavy atom. The van der Waals surface area contributed by atoms with Crippen molar-refractivity contribution in [3.05, 3.63) is 30.3 Å². The summed E-state index contributed by atoms with van der Waals surface area (Å²) in [5, 5.41) is 6.53. The van der Waals surface area contributed by atoms with Gasteiger partial charge in [-0.3, -0.25) is 0 Å². The lowest BCUT2D eigenvalue weighted by Gasteiger charge is -2.39. The van der Waals surface area contributed by atoms with Crippen LogP contribution in [0, 0.1) is 0 Å². The number of hydrogen-bond donors (Lipinski definition) is 2. The van der Waals surface area contributed by atoms with E-state index in [1.807, 2.05) is 18.2 Å². The van der Waals surface area contributed by atoms with Crippen LogP contribution in [-0.2, 0) is 4.74 Å². The first-order valence-electron chi connectivity index (χ1n) is 5.42.